The van der Waals surface area contributed by atoms with Crippen LogP contribution in [0.5, 0.6) is 0 Å². The number of nitrogens with zero attached hydrogens (tertiary/aromatic N) is 2. The summed E-state index contributed by atoms with van der Waals surface area (Å²) in [4.78, 5) is 7.20. The Hall–Kier alpha value is -2.02. The van der Waals surface area contributed by atoms with Gasteiger partial charge in [0.15, 0.2) is 0 Å². The summed E-state index contributed by atoms with van der Waals surface area (Å²) in [5, 5.41) is 12.2. The number of nitriles is 1. The number of aromatic amines is 1. The molecule has 1 aromatic carbocycles. The lowest BCUT2D eigenvalue weighted by Gasteiger charge is -2.16. The van der Waals surface area contributed by atoms with Crippen LogP contribution in [0, 0.1) is 16.7 Å². The van der Waals surface area contributed by atoms with Crippen LogP contribution < -0.4 is 5.32 Å². The third-order valence-corrected chi connectivity index (χ3v) is 2.46. The predicted molar refractivity (Wildman–Crippen MR) is 64.0 cm³/mol. The van der Waals surface area contributed by atoms with Gasteiger partial charge in [0.05, 0.1) is 28.8 Å². The minimum Gasteiger partial charge on any atom is -0.383 e. The Morgan fingerprint density at radius 2 is 2.31 bits per heavy atom. The maximum Gasteiger partial charge on any atom is 0.0931 e. The first kappa shape index (κ1) is 10.5. The molecule has 2 aromatic rings. The van der Waals surface area contributed by atoms with E-state index >= 15 is 0 Å². The fraction of sp³-hybridized carbons (Fsp3) is 0.333. The van der Waals surface area contributed by atoms with Gasteiger partial charge in [-0.15, -0.1) is 0 Å². The van der Waals surface area contributed by atoms with E-state index in [4.69, 9.17) is 5.26 Å². The molecule has 4 heteroatoms. The van der Waals surface area contributed by atoms with Gasteiger partial charge in [-0.2, -0.15) is 5.26 Å². The minimum atomic E-state index is -0.358. The third kappa shape index (κ3) is 2.14. The third-order valence-electron chi connectivity index (χ3n) is 2.46. The second kappa shape index (κ2) is 3.86. The number of rotatable bonds is 3. The highest BCUT2D eigenvalue weighted by Gasteiger charge is 2.15. The zero-order chi connectivity index (χ0) is 11.6. The monoisotopic (exact) mass is 214 g/mol. The average Bonchev–Trinajstić information content (AvgIpc) is 2.73. The van der Waals surface area contributed by atoms with E-state index in [1.807, 2.05) is 32.0 Å². The van der Waals surface area contributed by atoms with E-state index in [1.165, 1.54) is 0 Å². The minimum absolute atomic E-state index is 0.358. The summed E-state index contributed by atoms with van der Waals surface area (Å²) in [6.07, 6.45) is 1.67. The highest BCUT2D eigenvalue weighted by atomic mass is 14.9. The summed E-state index contributed by atoms with van der Waals surface area (Å²) in [5.74, 6) is 0. The smallest absolute Gasteiger partial charge is 0.0931 e. The largest absolute Gasteiger partial charge is 0.383 e. The molecule has 0 saturated carbocycles. The molecule has 0 fully saturated rings. The van der Waals surface area contributed by atoms with Crippen LogP contribution in [0.4, 0.5) is 5.69 Å². The Kier molecular flexibility index (Phi) is 2.53. The molecular weight excluding hydrogens is 200 g/mol. The number of imidazole rings is 1. The van der Waals surface area contributed by atoms with Gasteiger partial charge in [-0.05, 0) is 32.0 Å². The molecule has 1 aromatic heterocycles. The maximum absolute atomic E-state index is 8.90. The molecule has 0 atom stereocenters. The lowest BCUT2D eigenvalue weighted by Crippen LogP contribution is -2.20. The SMILES string of the molecule is CC(C)(C#N)CNc1ccc2nc[nH]c2c1. The quantitative estimate of drug-likeness (QED) is 0.825. The number of benzene rings is 1. The number of hydrogen-bond acceptors (Lipinski definition) is 3. The Morgan fingerprint density at radius 3 is 3.06 bits per heavy atom. The maximum atomic E-state index is 8.90. The molecular formula is C12H14N4. The summed E-state index contributed by atoms with van der Waals surface area (Å²) in [6, 6.07) is 8.18. The lowest BCUT2D eigenvalue weighted by molar-refractivity contribution is 0.529. The Morgan fingerprint density at radius 1 is 1.50 bits per heavy atom. The molecule has 0 bridgehead atoms. The van der Waals surface area contributed by atoms with Crippen molar-refractivity contribution in [3.05, 3.63) is 24.5 Å². The first-order valence-electron chi connectivity index (χ1n) is 5.19. The van der Waals surface area contributed by atoms with Crippen molar-refractivity contribution in [1.29, 1.82) is 5.26 Å². The topological polar surface area (TPSA) is 64.5 Å². The summed E-state index contributed by atoms with van der Waals surface area (Å²) >= 11 is 0. The summed E-state index contributed by atoms with van der Waals surface area (Å²) in [5.41, 5.74) is 2.59. The van der Waals surface area contributed by atoms with Crippen molar-refractivity contribution in [1.82, 2.24) is 9.97 Å². The van der Waals surface area contributed by atoms with E-state index in [0.29, 0.717) is 6.54 Å². The fourth-order valence-corrected chi connectivity index (χ4v) is 1.41. The van der Waals surface area contributed by atoms with Crippen molar-refractivity contribution >= 4 is 16.7 Å². The number of nitrogens with one attached hydrogen (secondary N) is 2. The van der Waals surface area contributed by atoms with Crippen LogP contribution in [-0.4, -0.2) is 16.5 Å². The summed E-state index contributed by atoms with van der Waals surface area (Å²) in [6.45, 7) is 4.45. The number of fused-ring (bicyclic) bond motifs is 1. The van der Waals surface area contributed by atoms with Gasteiger partial charge in [0, 0.05) is 12.2 Å². The second-order valence-corrected chi connectivity index (χ2v) is 4.48. The molecule has 16 heavy (non-hydrogen) atoms. The first-order valence-corrected chi connectivity index (χ1v) is 5.19. The molecule has 0 aliphatic heterocycles. The summed E-state index contributed by atoms with van der Waals surface area (Å²) in [7, 11) is 0. The van der Waals surface area contributed by atoms with Gasteiger partial charge in [0.1, 0.15) is 0 Å². The molecule has 0 amide bonds. The van der Waals surface area contributed by atoms with Crippen LogP contribution in [0.1, 0.15) is 13.8 Å². The van der Waals surface area contributed by atoms with Crippen LogP contribution in [0.3, 0.4) is 0 Å². The van der Waals surface area contributed by atoms with Gasteiger partial charge in [-0.1, -0.05) is 0 Å². The van der Waals surface area contributed by atoms with Gasteiger partial charge in [-0.25, -0.2) is 4.98 Å². The van der Waals surface area contributed by atoms with Crippen molar-refractivity contribution in [2.45, 2.75) is 13.8 Å². The van der Waals surface area contributed by atoms with E-state index in [2.05, 4.69) is 21.4 Å². The van der Waals surface area contributed by atoms with Crippen LogP contribution in [0.15, 0.2) is 24.5 Å². The zero-order valence-electron chi connectivity index (χ0n) is 9.41. The van der Waals surface area contributed by atoms with Crippen LogP contribution in [-0.2, 0) is 0 Å². The van der Waals surface area contributed by atoms with Crippen LogP contribution in [0.25, 0.3) is 11.0 Å². The Balaban J connectivity index is 2.13. The first-order chi connectivity index (χ1) is 7.61. The molecule has 0 spiro atoms. The standard InChI is InChI=1S/C12H14N4/c1-12(2,6-13)7-14-9-3-4-10-11(5-9)16-8-15-10/h3-5,8,14H,7H2,1-2H3,(H,15,16). The Bertz CT molecular complexity index is 533. The normalized spacial score (nSPS) is 11.3. The van der Waals surface area contributed by atoms with Crippen molar-refractivity contribution in [2.24, 2.45) is 5.41 Å². The van der Waals surface area contributed by atoms with Gasteiger partial charge < -0.3 is 10.3 Å². The molecule has 0 radical (unpaired) electrons. The number of aromatic nitrogens is 2. The molecule has 1 heterocycles. The fourth-order valence-electron chi connectivity index (χ4n) is 1.41. The summed E-state index contributed by atoms with van der Waals surface area (Å²) < 4.78 is 0. The van der Waals surface area contributed by atoms with Crippen LogP contribution in [0.2, 0.25) is 0 Å². The van der Waals surface area contributed by atoms with Crippen molar-refractivity contribution < 1.29 is 0 Å². The van der Waals surface area contributed by atoms with Gasteiger partial charge in [0.25, 0.3) is 0 Å². The van der Waals surface area contributed by atoms with Gasteiger partial charge in [-0.3, -0.25) is 0 Å². The average molecular weight is 214 g/mol. The highest BCUT2D eigenvalue weighted by Crippen LogP contribution is 2.18. The lowest BCUT2D eigenvalue weighted by atomic mass is 9.96. The zero-order valence-corrected chi connectivity index (χ0v) is 9.41. The predicted octanol–water partition coefficient (Wildman–Crippen LogP) is 2.52. The van der Waals surface area contributed by atoms with Crippen molar-refractivity contribution in [2.75, 3.05) is 11.9 Å². The van der Waals surface area contributed by atoms with Crippen molar-refractivity contribution in [3.63, 3.8) is 0 Å². The molecule has 4 nitrogen and oxygen atoms in total. The Labute approximate surface area is 94.3 Å². The van der Waals surface area contributed by atoms with E-state index in [0.717, 1.165) is 16.7 Å². The van der Waals surface area contributed by atoms with E-state index in [-0.39, 0.29) is 5.41 Å². The molecule has 2 rings (SSSR count). The molecule has 82 valence electrons. The van der Waals surface area contributed by atoms with E-state index in [1.54, 1.807) is 6.33 Å². The van der Waals surface area contributed by atoms with Gasteiger partial charge >= 0.3 is 0 Å². The van der Waals surface area contributed by atoms with E-state index < -0.39 is 0 Å². The van der Waals surface area contributed by atoms with Crippen molar-refractivity contribution in [3.8, 4) is 6.07 Å². The second-order valence-electron chi connectivity index (χ2n) is 4.48. The van der Waals surface area contributed by atoms with Crippen LogP contribution >= 0.6 is 0 Å². The molecule has 0 unspecified atom stereocenters. The molecule has 2 N–H and O–H groups in total. The number of hydrogen-bond donors (Lipinski definition) is 2. The number of H-pyrrole nitrogens is 1. The van der Waals surface area contributed by atoms with Gasteiger partial charge in [0.2, 0.25) is 0 Å². The highest BCUT2D eigenvalue weighted by molar-refractivity contribution is 5.78. The molecule has 0 aliphatic carbocycles. The van der Waals surface area contributed by atoms with E-state index in [9.17, 15) is 0 Å². The number of anilines is 1. The molecule has 0 aliphatic rings. The molecule has 0 saturated heterocycles.